The first kappa shape index (κ1) is 36.8. The highest BCUT2D eigenvalue weighted by atomic mass is 32.2. The van der Waals surface area contributed by atoms with Gasteiger partial charge >= 0.3 is 5.97 Å². The predicted molar refractivity (Wildman–Crippen MR) is 171 cm³/mol. The average Bonchev–Trinajstić information content (AvgIpc) is 2.98. The summed E-state index contributed by atoms with van der Waals surface area (Å²) in [6.45, 7) is 6.35. The summed E-state index contributed by atoms with van der Waals surface area (Å²) in [5.41, 5.74) is 1.64. The lowest BCUT2D eigenvalue weighted by molar-refractivity contribution is -0.140. The molecule has 0 bridgehead atoms. The third-order valence-electron chi connectivity index (χ3n) is 7.28. The van der Waals surface area contributed by atoms with E-state index < -0.39 is 11.2 Å². The highest BCUT2D eigenvalue weighted by Crippen LogP contribution is 2.29. The number of aryl methyl sites for hydroxylation is 2. The average molecular weight is 589 g/mol. The molecule has 0 aliphatic carbocycles. The fraction of sp³-hybridized carbons (Fsp3) is 0.629. The fourth-order valence-electron chi connectivity index (χ4n) is 4.82. The molecule has 2 aromatic carbocycles. The number of methoxy groups -OCH3 is 1. The molecule has 0 aromatic heterocycles. The maximum atomic E-state index is 12.7. The van der Waals surface area contributed by atoms with Gasteiger partial charge in [-0.1, -0.05) is 111 Å². The van der Waals surface area contributed by atoms with Crippen LogP contribution in [0.4, 0.5) is 0 Å². The fourth-order valence-corrected chi connectivity index (χ4v) is 5.97. The van der Waals surface area contributed by atoms with E-state index in [1.807, 2.05) is 13.8 Å². The van der Waals surface area contributed by atoms with E-state index in [1.54, 1.807) is 36.4 Å². The van der Waals surface area contributed by atoms with Crippen LogP contribution in [0.2, 0.25) is 0 Å². The smallest absolute Gasteiger partial charge is 0.305 e. The number of hydrogen-bond acceptors (Lipinski definition) is 5. The SMILES string of the molecule is CCCCCCCCCCCCCCCC(=O)OC.CCCc1cc([S+]([O-])c2ccc(O)c(CCC)c2)ccc1O. The standard InChI is InChI=1S/C18H22O3S.C17H34O2/c1-3-5-13-11-15(7-9-17(13)19)22(21)16-8-10-18(20)14(12-16)6-4-2;1-3-4-5-6-7-8-9-10-11-12-13-14-15-16-17(18)19-2/h7-12,19-20H,3-6H2,1-2H3;3-16H2,1-2H3. The maximum Gasteiger partial charge on any atom is 0.305 e. The lowest BCUT2D eigenvalue weighted by atomic mass is 10.0. The number of carbonyl (C=O) groups excluding carboxylic acids is 1. The number of phenolic OH excluding ortho intramolecular Hbond substituents is 2. The van der Waals surface area contributed by atoms with E-state index in [0.717, 1.165) is 43.2 Å². The van der Waals surface area contributed by atoms with Crippen molar-refractivity contribution in [2.75, 3.05) is 7.11 Å². The van der Waals surface area contributed by atoms with Crippen LogP contribution in [-0.2, 0) is 33.5 Å². The molecule has 0 aliphatic rings. The number of ether oxygens (including phenoxy) is 1. The van der Waals surface area contributed by atoms with Gasteiger partial charge in [0.25, 0.3) is 0 Å². The minimum atomic E-state index is -1.31. The van der Waals surface area contributed by atoms with Crippen molar-refractivity contribution in [2.24, 2.45) is 0 Å². The molecule has 0 radical (unpaired) electrons. The van der Waals surface area contributed by atoms with Gasteiger partial charge < -0.3 is 19.5 Å². The van der Waals surface area contributed by atoms with E-state index in [0.29, 0.717) is 16.2 Å². The van der Waals surface area contributed by atoms with Crippen LogP contribution in [0.5, 0.6) is 11.5 Å². The first-order valence-corrected chi connectivity index (χ1v) is 17.1. The van der Waals surface area contributed by atoms with Crippen molar-refractivity contribution in [3.8, 4) is 11.5 Å². The molecule has 5 nitrogen and oxygen atoms in total. The number of carbonyl (C=O) groups is 1. The third-order valence-corrected chi connectivity index (χ3v) is 8.65. The largest absolute Gasteiger partial charge is 0.606 e. The molecule has 0 aliphatic heterocycles. The molecule has 2 aromatic rings. The molecule has 0 unspecified atom stereocenters. The Hall–Kier alpha value is -2.18. The molecule has 0 saturated carbocycles. The minimum absolute atomic E-state index is 0.0666. The summed E-state index contributed by atoms with van der Waals surface area (Å²) in [5, 5.41) is 19.7. The quantitative estimate of drug-likeness (QED) is 0.0913. The first-order valence-electron chi connectivity index (χ1n) is 16.0. The Bertz CT molecular complexity index is 906. The molecule has 232 valence electrons. The van der Waals surface area contributed by atoms with Crippen LogP contribution in [0.25, 0.3) is 0 Å². The van der Waals surface area contributed by atoms with Crippen molar-refractivity contribution >= 4 is 17.1 Å². The van der Waals surface area contributed by atoms with E-state index in [1.165, 1.54) is 84.2 Å². The molecule has 6 heteroatoms. The summed E-state index contributed by atoms with van der Waals surface area (Å²) in [4.78, 5) is 12.2. The highest BCUT2D eigenvalue weighted by Gasteiger charge is 2.18. The Morgan fingerprint density at radius 2 is 1.05 bits per heavy atom. The van der Waals surface area contributed by atoms with E-state index in [9.17, 15) is 19.6 Å². The zero-order valence-corrected chi connectivity index (χ0v) is 27.0. The van der Waals surface area contributed by atoms with Gasteiger partial charge in [0.2, 0.25) is 0 Å². The van der Waals surface area contributed by atoms with E-state index in [2.05, 4.69) is 11.7 Å². The summed E-state index contributed by atoms with van der Waals surface area (Å²) < 4.78 is 17.3. The van der Waals surface area contributed by atoms with Crippen molar-refractivity contribution in [1.29, 1.82) is 0 Å². The monoisotopic (exact) mass is 588 g/mol. The summed E-state index contributed by atoms with van der Waals surface area (Å²) in [6.07, 6.45) is 21.3. The summed E-state index contributed by atoms with van der Waals surface area (Å²) >= 11 is -1.31. The van der Waals surface area contributed by atoms with Gasteiger partial charge in [-0.05, 0) is 54.7 Å². The predicted octanol–water partition coefficient (Wildman–Crippen LogP) is 9.81. The maximum absolute atomic E-state index is 12.7. The lowest BCUT2D eigenvalue weighted by Crippen LogP contribution is -2.04. The van der Waals surface area contributed by atoms with Crippen LogP contribution >= 0.6 is 0 Å². The normalized spacial score (nSPS) is 10.9. The van der Waals surface area contributed by atoms with Crippen molar-refractivity contribution in [3.63, 3.8) is 0 Å². The Labute approximate surface area is 253 Å². The van der Waals surface area contributed by atoms with Gasteiger partial charge in [0, 0.05) is 29.7 Å². The van der Waals surface area contributed by atoms with E-state index >= 15 is 0 Å². The van der Waals surface area contributed by atoms with E-state index in [4.69, 9.17) is 0 Å². The van der Waals surface area contributed by atoms with E-state index in [-0.39, 0.29) is 17.5 Å². The van der Waals surface area contributed by atoms with Gasteiger partial charge in [0.15, 0.2) is 9.79 Å². The Kier molecular flexibility index (Phi) is 21.0. The van der Waals surface area contributed by atoms with Crippen LogP contribution in [0.1, 0.15) is 135 Å². The van der Waals surface area contributed by atoms with Crippen LogP contribution in [0.3, 0.4) is 0 Å². The van der Waals surface area contributed by atoms with Gasteiger partial charge in [0.05, 0.1) is 7.11 Å². The molecule has 0 heterocycles. The molecular formula is C35H56O5S. The number of phenols is 2. The van der Waals surface area contributed by atoms with Crippen molar-refractivity contribution in [2.45, 2.75) is 146 Å². The summed E-state index contributed by atoms with van der Waals surface area (Å²) in [6, 6.07) is 10.2. The number of benzene rings is 2. The van der Waals surface area contributed by atoms with Gasteiger partial charge in [-0.3, -0.25) is 4.79 Å². The molecular weight excluding hydrogens is 532 g/mol. The Morgan fingerprint density at radius 1 is 0.659 bits per heavy atom. The number of esters is 1. The summed E-state index contributed by atoms with van der Waals surface area (Å²) in [5.74, 6) is 0.433. The zero-order valence-electron chi connectivity index (χ0n) is 26.2. The Balaban J connectivity index is 0.000000416. The number of hydrogen-bond donors (Lipinski definition) is 2. The highest BCUT2D eigenvalue weighted by molar-refractivity contribution is 7.91. The van der Waals surface area contributed by atoms with Crippen LogP contribution < -0.4 is 0 Å². The molecule has 41 heavy (non-hydrogen) atoms. The van der Waals surface area contributed by atoms with Crippen molar-refractivity contribution < 1.29 is 24.3 Å². The van der Waals surface area contributed by atoms with Gasteiger partial charge in [0.1, 0.15) is 11.5 Å². The minimum Gasteiger partial charge on any atom is -0.606 e. The molecule has 2 N–H and O–H groups in total. The van der Waals surface area contributed by atoms with Crippen LogP contribution in [0.15, 0.2) is 46.2 Å². The first-order chi connectivity index (χ1) is 19.9. The number of unbranched alkanes of at least 4 members (excludes halogenated alkanes) is 12. The second kappa shape index (κ2) is 23.4. The summed E-state index contributed by atoms with van der Waals surface area (Å²) in [7, 11) is 1.46. The second-order valence-electron chi connectivity index (χ2n) is 10.9. The molecule has 0 spiro atoms. The topological polar surface area (TPSA) is 89.8 Å². The van der Waals surface area contributed by atoms with Gasteiger partial charge in [-0.15, -0.1) is 0 Å². The molecule has 0 amide bonds. The number of rotatable bonds is 20. The molecule has 0 fully saturated rings. The second-order valence-corrected chi connectivity index (χ2v) is 12.4. The van der Waals surface area contributed by atoms with Crippen LogP contribution in [0, 0.1) is 0 Å². The van der Waals surface area contributed by atoms with Crippen molar-refractivity contribution in [3.05, 3.63) is 47.5 Å². The zero-order chi connectivity index (χ0) is 30.3. The molecule has 0 atom stereocenters. The molecule has 2 rings (SSSR count). The lowest BCUT2D eigenvalue weighted by Gasteiger charge is -2.13. The van der Waals surface area contributed by atoms with Gasteiger partial charge in [-0.2, -0.15) is 0 Å². The third kappa shape index (κ3) is 16.1. The number of aromatic hydroxyl groups is 2. The van der Waals surface area contributed by atoms with Gasteiger partial charge in [-0.25, -0.2) is 0 Å². The molecule has 0 saturated heterocycles. The van der Waals surface area contributed by atoms with Crippen LogP contribution in [-0.4, -0.2) is 27.8 Å². The van der Waals surface area contributed by atoms with Crippen molar-refractivity contribution in [1.82, 2.24) is 0 Å². The Morgan fingerprint density at radius 3 is 1.41 bits per heavy atom.